The highest BCUT2D eigenvalue weighted by Crippen LogP contribution is 2.23. The van der Waals surface area contributed by atoms with Crippen molar-refractivity contribution in [2.24, 2.45) is 0 Å². The van der Waals surface area contributed by atoms with Gasteiger partial charge in [-0.25, -0.2) is 4.79 Å². The lowest BCUT2D eigenvalue weighted by atomic mass is 10.1. The molecule has 2 N–H and O–H groups in total. The molecule has 0 aliphatic carbocycles. The Morgan fingerprint density at radius 2 is 1.84 bits per heavy atom. The Balaban J connectivity index is 1.57. The van der Waals surface area contributed by atoms with Crippen LogP contribution in [0.5, 0.6) is 0 Å². The highest BCUT2D eigenvalue weighted by molar-refractivity contribution is 6.30. The number of urea groups is 1. The van der Waals surface area contributed by atoms with Crippen molar-refractivity contribution in [3.8, 4) is 0 Å². The molecule has 2 aromatic rings. The van der Waals surface area contributed by atoms with Crippen LogP contribution in [0.15, 0.2) is 48.5 Å². The van der Waals surface area contributed by atoms with Crippen molar-refractivity contribution >= 4 is 34.9 Å². The minimum Gasteiger partial charge on any atom is -0.333 e. The molecule has 6 heteroatoms. The van der Waals surface area contributed by atoms with Crippen LogP contribution in [-0.4, -0.2) is 24.5 Å². The van der Waals surface area contributed by atoms with Gasteiger partial charge in [0.15, 0.2) is 0 Å². The molecule has 0 saturated carbocycles. The number of benzene rings is 2. The number of carbonyl (C=O) groups excluding carboxylic acids is 2. The van der Waals surface area contributed by atoms with Gasteiger partial charge in [-0.05, 0) is 48.4 Å². The van der Waals surface area contributed by atoms with E-state index < -0.39 is 0 Å². The number of nitrogens with one attached hydrogen (secondary N) is 2. The first-order valence-corrected chi connectivity index (χ1v) is 8.65. The third kappa shape index (κ3) is 4.31. The average molecular weight is 358 g/mol. The molecule has 130 valence electrons. The molecule has 3 amide bonds. The molecule has 0 spiro atoms. The highest BCUT2D eigenvalue weighted by atomic mass is 35.5. The second kappa shape index (κ2) is 7.57. The SMILES string of the molecule is CCc1ccc(NC(=O)N[C@@H]2CC(=O)N(c3ccc(Cl)cc3)C2)cc1. The summed E-state index contributed by atoms with van der Waals surface area (Å²) in [5, 5.41) is 6.28. The molecule has 1 saturated heterocycles. The fourth-order valence-corrected chi connectivity index (χ4v) is 2.98. The molecule has 1 fully saturated rings. The van der Waals surface area contributed by atoms with E-state index in [2.05, 4.69) is 17.6 Å². The fourth-order valence-electron chi connectivity index (χ4n) is 2.85. The van der Waals surface area contributed by atoms with E-state index in [4.69, 9.17) is 11.6 Å². The van der Waals surface area contributed by atoms with E-state index in [1.807, 2.05) is 24.3 Å². The molecule has 25 heavy (non-hydrogen) atoms. The van der Waals surface area contributed by atoms with Gasteiger partial charge in [-0.2, -0.15) is 0 Å². The van der Waals surface area contributed by atoms with Crippen LogP contribution in [-0.2, 0) is 11.2 Å². The second-order valence-corrected chi connectivity index (χ2v) is 6.47. The monoisotopic (exact) mass is 357 g/mol. The van der Waals surface area contributed by atoms with E-state index in [1.165, 1.54) is 5.56 Å². The second-order valence-electron chi connectivity index (χ2n) is 6.03. The van der Waals surface area contributed by atoms with Crippen LogP contribution in [0.25, 0.3) is 0 Å². The van der Waals surface area contributed by atoms with E-state index in [1.54, 1.807) is 29.2 Å². The maximum Gasteiger partial charge on any atom is 0.319 e. The summed E-state index contributed by atoms with van der Waals surface area (Å²) in [7, 11) is 0. The summed E-state index contributed by atoms with van der Waals surface area (Å²) in [5.74, 6) is -0.0140. The smallest absolute Gasteiger partial charge is 0.319 e. The molecule has 0 aromatic heterocycles. The number of amides is 3. The fraction of sp³-hybridized carbons (Fsp3) is 0.263. The van der Waals surface area contributed by atoms with Crippen molar-refractivity contribution in [1.29, 1.82) is 0 Å². The van der Waals surface area contributed by atoms with Crippen molar-refractivity contribution in [3.05, 3.63) is 59.1 Å². The zero-order valence-electron chi connectivity index (χ0n) is 14.0. The van der Waals surface area contributed by atoms with Crippen LogP contribution in [0.1, 0.15) is 18.9 Å². The number of aryl methyl sites for hydroxylation is 1. The lowest BCUT2D eigenvalue weighted by Gasteiger charge is -2.17. The van der Waals surface area contributed by atoms with Gasteiger partial charge in [0.1, 0.15) is 0 Å². The van der Waals surface area contributed by atoms with Crippen LogP contribution in [0.3, 0.4) is 0 Å². The molecule has 1 heterocycles. The zero-order chi connectivity index (χ0) is 17.8. The summed E-state index contributed by atoms with van der Waals surface area (Å²) in [6.45, 7) is 2.53. The summed E-state index contributed by atoms with van der Waals surface area (Å²) in [4.78, 5) is 26.0. The Bertz CT molecular complexity index is 759. The van der Waals surface area contributed by atoms with Crippen LogP contribution < -0.4 is 15.5 Å². The first-order chi connectivity index (χ1) is 12.0. The van der Waals surface area contributed by atoms with Crippen LogP contribution >= 0.6 is 11.6 Å². The molecule has 5 nitrogen and oxygen atoms in total. The molecular weight excluding hydrogens is 338 g/mol. The number of rotatable bonds is 4. The van der Waals surface area contributed by atoms with Crippen molar-refractivity contribution in [1.82, 2.24) is 5.32 Å². The summed E-state index contributed by atoms with van der Waals surface area (Å²) in [6.07, 6.45) is 1.24. The summed E-state index contributed by atoms with van der Waals surface area (Å²) in [6, 6.07) is 14.3. The maximum absolute atomic E-state index is 12.2. The molecule has 3 rings (SSSR count). The molecule has 1 aliphatic rings. The van der Waals surface area contributed by atoms with Crippen molar-refractivity contribution in [3.63, 3.8) is 0 Å². The van der Waals surface area contributed by atoms with Crippen molar-refractivity contribution in [2.75, 3.05) is 16.8 Å². The standard InChI is InChI=1S/C19H20ClN3O2/c1-2-13-3-7-15(8-4-13)21-19(25)22-16-11-18(24)23(12-16)17-9-5-14(20)6-10-17/h3-10,16H,2,11-12H2,1H3,(H2,21,22,25)/t16-/m1/s1. The number of hydrogen-bond acceptors (Lipinski definition) is 2. The zero-order valence-corrected chi connectivity index (χ0v) is 14.7. The molecule has 0 bridgehead atoms. The Morgan fingerprint density at radius 1 is 1.16 bits per heavy atom. The maximum atomic E-state index is 12.2. The first-order valence-electron chi connectivity index (χ1n) is 8.27. The number of nitrogens with zero attached hydrogens (tertiary/aromatic N) is 1. The van der Waals surface area contributed by atoms with Crippen molar-refractivity contribution in [2.45, 2.75) is 25.8 Å². The normalized spacial score (nSPS) is 16.8. The molecular formula is C19H20ClN3O2. The van der Waals surface area contributed by atoms with E-state index in [0.29, 0.717) is 11.6 Å². The third-order valence-electron chi connectivity index (χ3n) is 4.22. The predicted molar refractivity (Wildman–Crippen MR) is 100 cm³/mol. The highest BCUT2D eigenvalue weighted by Gasteiger charge is 2.31. The molecule has 0 radical (unpaired) electrons. The van der Waals surface area contributed by atoms with Gasteiger partial charge in [0.05, 0.1) is 6.04 Å². The number of carbonyl (C=O) groups is 2. The van der Waals surface area contributed by atoms with Crippen LogP contribution in [0.4, 0.5) is 16.2 Å². The van der Waals surface area contributed by atoms with Gasteiger partial charge in [0.2, 0.25) is 5.91 Å². The average Bonchev–Trinajstić information content (AvgIpc) is 2.96. The quantitative estimate of drug-likeness (QED) is 0.873. The lowest BCUT2D eigenvalue weighted by molar-refractivity contribution is -0.117. The minimum absolute atomic E-state index is 0.0140. The van der Waals surface area contributed by atoms with Gasteiger partial charge in [0.25, 0.3) is 0 Å². The number of halogens is 1. The van der Waals surface area contributed by atoms with Gasteiger partial charge in [0, 0.05) is 29.4 Å². The largest absolute Gasteiger partial charge is 0.333 e. The summed E-state index contributed by atoms with van der Waals surface area (Å²) >= 11 is 5.88. The lowest BCUT2D eigenvalue weighted by Crippen LogP contribution is -2.39. The van der Waals surface area contributed by atoms with Gasteiger partial charge in [-0.1, -0.05) is 30.7 Å². The molecule has 1 atom stereocenters. The topological polar surface area (TPSA) is 61.4 Å². The number of hydrogen-bond donors (Lipinski definition) is 2. The Kier molecular flexibility index (Phi) is 5.24. The van der Waals surface area contributed by atoms with E-state index in [-0.39, 0.29) is 24.4 Å². The third-order valence-corrected chi connectivity index (χ3v) is 4.47. The minimum atomic E-state index is -0.306. The Morgan fingerprint density at radius 3 is 2.48 bits per heavy atom. The van der Waals surface area contributed by atoms with E-state index in [0.717, 1.165) is 17.8 Å². The van der Waals surface area contributed by atoms with Gasteiger partial charge >= 0.3 is 6.03 Å². The summed E-state index contributed by atoms with van der Waals surface area (Å²) < 4.78 is 0. The van der Waals surface area contributed by atoms with Crippen LogP contribution in [0, 0.1) is 0 Å². The van der Waals surface area contributed by atoms with E-state index >= 15 is 0 Å². The molecule has 2 aromatic carbocycles. The van der Waals surface area contributed by atoms with Gasteiger partial charge in [-0.3, -0.25) is 4.79 Å². The first kappa shape index (κ1) is 17.3. The Labute approximate surface area is 152 Å². The molecule has 0 unspecified atom stereocenters. The summed E-state index contributed by atoms with van der Waals surface area (Å²) in [5.41, 5.74) is 2.73. The number of anilines is 2. The van der Waals surface area contributed by atoms with E-state index in [9.17, 15) is 9.59 Å². The van der Waals surface area contributed by atoms with Gasteiger partial charge in [-0.15, -0.1) is 0 Å². The molecule has 1 aliphatic heterocycles. The Hall–Kier alpha value is -2.53. The van der Waals surface area contributed by atoms with Crippen LogP contribution in [0.2, 0.25) is 5.02 Å². The van der Waals surface area contributed by atoms with Crippen molar-refractivity contribution < 1.29 is 9.59 Å². The predicted octanol–water partition coefficient (Wildman–Crippen LogP) is 3.83. The van der Waals surface area contributed by atoms with Gasteiger partial charge < -0.3 is 15.5 Å².